The van der Waals surface area contributed by atoms with Gasteiger partial charge >= 0.3 is 136 Å². The zero-order valence-corrected chi connectivity index (χ0v) is 15.2. The summed E-state index contributed by atoms with van der Waals surface area (Å²) < 4.78 is 35.7. The van der Waals surface area contributed by atoms with Gasteiger partial charge in [0.15, 0.2) is 0 Å². The summed E-state index contributed by atoms with van der Waals surface area (Å²) in [6.45, 7) is 7.94. The molecule has 1 fully saturated rings. The van der Waals surface area contributed by atoms with Gasteiger partial charge in [-0.05, 0) is 0 Å². The molecule has 0 spiro atoms. The van der Waals surface area contributed by atoms with E-state index in [2.05, 4.69) is 4.90 Å². The average Bonchev–Trinajstić information content (AvgIpc) is 2.26. The van der Waals surface area contributed by atoms with Gasteiger partial charge in [0.25, 0.3) is 0 Å². The van der Waals surface area contributed by atoms with Crippen molar-refractivity contribution in [3.63, 3.8) is 0 Å². The van der Waals surface area contributed by atoms with Gasteiger partial charge in [-0.1, -0.05) is 0 Å². The summed E-state index contributed by atoms with van der Waals surface area (Å²) in [4.78, 5) is 14.2. The van der Waals surface area contributed by atoms with Crippen LogP contribution in [0.5, 0.6) is 0 Å². The van der Waals surface area contributed by atoms with Crippen molar-refractivity contribution in [2.24, 2.45) is 5.92 Å². The van der Waals surface area contributed by atoms with Crippen LogP contribution < -0.4 is 0 Å². The largest absolute Gasteiger partial charge is 0.762 e. The van der Waals surface area contributed by atoms with Gasteiger partial charge in [-0.2, -0.15) is 0 Å². The van der Waals surface area contributed by atoms with Crippen LogP contribution in [-0.4, -0.2) is 86.7 Å². The number of hydrogen-bond acceptors (Lipinski definition) is 3. The molecule has 3 nitrogen and oxygen atoms in total. The van der Waals surface area contributed by atoms with E-state index in [0.29, 0.717) is 0 Å². The summed E-state index contributed by atoms with van der Waals surface area (Å²) in [5.74, 6) is 0.138. The Labute approximate surface area is 147 Å². The zero-order chi connectivity index (χ0) is 15.1. The summed E-state index contributed by atoms with van der Waals surface area (Å²) in [5.41, 5.74) is -0.339. The second-order valence-electron chi connectivity index (χ2n) is 5.49. The molecule has 0 radical (unpaired) electrons. The van der Waals surface area contributed by atoms with Gasteiger partial charge in [0.2, 0.25) is 0 Å². The van der Waals surface area contributed by atoms with E-state index in [1.807, 2.05) is 20.8 Å². The Morgan fingerprint density at radius 2 is 1.74 bits per heavy atom. The number of nitrogens with zero attached hydrogens (tertiary/aromatic N) is 1. The van der Waals surface area contributed by atoms with Gasteiger partial charge < -0.3 is 0 Å². The van der Waals surface area contributed by atoms with Gasteiger partial charge in [-0.3, -0.25) is 12.9 Å². The number of carbonyl (C=O) groups excluding carboxylic acids is 1. The van der Waals surface area contributed by atoms with Crippen LogP contribution in [0, 0.1) is 5.92 Å². The Morgan fingerprint density at radius 1 is 1.32 bits per heavy atom. The molecule has 0 amide bonds. The second kappa shape index (κ2) is 9.78. The Hall–Kier alpha value is 0.921. The first-order valence-electron chi connectivity index (χ1n) is 6.53. The summed E-state index contributed by atoms with van der Waals surface area (Å²) in [7, 11) is -3.67. The molecule has 1 heterocycles. The van der Waals surface area contributed by atoms with Crippen LogP contribution in [0.1, 0.15) is 33.6 Å². The van der Waals surface area contributed by atoms with Crippen molar-refractivity contribution < 1.29 is 22.5 Å². The minimum absolute atomic E-state index is 0.000200. The molecule has 0 unspecified atom stereocenters. The molecule has 1 rings (SSSR count). The number of halogens is 3. The topological polar surface area (TPSA) is 29.5 Å². The zero-order valence-electron chi connectivity index (χ0n) is 12.1. The molecule has 0 N–H and O–H groups in total. The Balaban J connectivity index is 0.000000711. The van der Waals surface area contributed by atoms with Gasteiger partial charge in [0.1, 0.15) is 0 Å². The number of ether oxygens (including phenoxy) is 1. The fraction of sp³-hybridized carbons (Fsp3) is 0.909. The van der Waals surface area contributed by atoms with Crippen molar-refractivity contribution in [1.29, 1.82) is 0 Å². The molecule has 106 valence electrons. The van der Waals surface area contributed by atoms with Crippen LogP contribution in [0.15, 0.2) is 0 Å². The van der Waals surface area contributed by atoms with E-state index in [9.17, 15) is 17.7 Å². The fourth-order valence-corrected chi connectivity index (χ4v) is 2.86. The first kappa shape index (κ1) is 19.9. The van der Waals surface area contributed by atoms with Gasteiger partial charge in [-0.25, -0.2) is 0 Å². The molecule has 0 aromatic heterocycles. The van der Waals surface area contributed by atoms with Crippen LogP contribution in [0.2, 0.25) is 0 Å². The van der Waals surface area contributed by atoms with E-state index in [-0.39, 0.29) is 17.5 Å². The third-order valence-corrected chi connectivity index (χ3v) is 4.17. The normalized spacial score (nSPS) is 17.5. The van der Waals surface area contributed by atoms with Gasteiger partial charge in [-0.15, -0.1) is 0 Å². The number of likely N-dealkylation sites (tertiary alicyclic amines) is 1. The van der Waals surface area contributed by atoms with Crippen molar-refractivity contribution in [2.75, 3.05) is 13.7 Å². The maximum Gasteiger partial charge on any atom is 0.762 e. The summed E-state index contributed by atoms with van der Waals surface area (Å²) in [5, 5.41) is 0. The van der Waals surface area contributed by atoms with Crippen LogP contribution in [0.3, 0.4) is 0 Å². The Morgan fingerprint density at radius 3 is 2.05 bits per heavy atom. The van der Waals surface area contributed by atoms with Crippen LogP contribution >= 0.6 is 0 Å². The van der Waals surface area contributed by atoms with Crippen molar-refractivity contribution in [2.45, 2.75) is 39.2 Å². The van der Waals surface area contributed by atoms with Crippen LogP contribution in [0.4, 0.5) is 12.9 Å². The molecule has 1 aliphatic heterocycles. The van der Waals surface area contributed by atoms with E-state index in [1.165, 1.54) is 0.639 Å². The number of rotatable bonds is 2. The molecule has 0 atom stereocenters. The number of piperidine rings is 1. The standard InChI is InChI=1S/C11H20NO2.BF3.K/c1-11(2,3)14-10(13)9-5-7-12(4)8-6-9;2-1(3)4;/h9H,4-8H2,1-3H3;;. The average molecular weight is 305 g/mol. The van der Waals surface area contributed by atoms with Gasteiger partial charge in [0.05, 0.1) is 0 Å². The maximum atomic E-state index is 11.8. The van der Waals surface area contributed by atoms with E-state index in [4.69, 9.17) is 4.74 Å². The number of carbonyl (C=O) groups is 1. The Bertz CT molecular complexity index is 266. The van der Waals surface area contributed by atoms with E-state index in [1.54, 1.807) is 0 Å². The summed E-state index contributed by atoms with van der Waals surface area (Å²) in [6.07, 6.45) is 1.95. The van der Waals surface area contributed by atoms with Crippen molar-refractivity contribution in [1.82, 2.24) is 4.90 Å². The third-order valence-electron chi connectivity index (χ3n) is 2.77. The molecule has 0 aliphatic carbocycles. The minimum Gasteiger partial charge on any atom is -0.254 e. The molecule has 19 heavy (non-hydrogen) atoms. The molecule has 0 saturated carbocycles. The van der Waals surface area contributed by atoms with E-state index < -0.39 is 7.54 Å². The second-order valence-corrected chi connectivity index (χ2v) is 6.48. The predicted molar refractivity (Wildman–Crippen MR) is 69.8 cm³/mol. The smallest absolute Gasteiger partial charge is 0.254 e. The van der Waals surface area contributed by atoms with Crippen LogP contribution in [0.25, 0.3) is 0 Å². The molecular formula is C11H20BF3KNO2. The van der Waals surface area contributed by atoms with Crippen molar-refractivity contribution in [3.8, 4) is 0 Å². The molecule has 0 aromatic rings. The third kappa shape index (κ3) is 11.3. The quantitative estimate of drug-likeness (QED) is 0.578. The van der Waals surface area contributed by atoms with E-state index in [0.717, 1.165) is 74.9 Å². The molecule has 1 saturated heterocycles. The van der Waals surface area contributed by atoms with Crippen molar-refractivity contribution in [3.05, 3.63) is 0 Å². The summed E-state index contributed by atoms with van der Waals surface area (Å²) >= 11 is 0.895. The first-order valence-corrected chi connectivity index (χ1v) is 8.74. The minimum atomic E-state index is -3.67. The molecule has 1 aliphatic rings. The van der Waals surface area contributed by atoms with E-state index >= 15 is 0 Å². The number of hydrogen-bond donors (Lipinski definition) is 0. The van der Waals surface area contributed by atoms with Crippen molar-refractivity contribution >= 4 is 62.5 Å². The Kier molecular flexibility index (Phi) is 10.3. The van der Waals surface area contributed by atoms with Gasteiger partial charge in [0, 0.05) is 0 Å². The monoisotopic (exact) mass is 305 g/mol. The SMILES string of the molecule is CC(C)(C)OC(=O)C1CCN([CH2][K])CC1.FB(F)F. The molecule has 0 bridgehead atoms. The fourth-order valence-electron chi connectivity index (χ4n) is 1.87. The van der Waals surface area contributed by atoms with Crippen LogP contribution in [-0.2, 0) is 9.53 Å². The molecule has 0 aromatic carbocycles. The first-order chi connectivity index (χ1) is 8.65. The number of esters is 1. The summed E-state index contributed by atoms with van der Waals surface area (Å²) in [6, 6.07) is 0. The predicted octanol–water partition coefficient (Wildman–Crippen LogP) is 2.05. The molecular weight excluding hydrogens is 285 g/mol. The maximum absolute atomic E-state index is 11.8. The molecule has 8 heteroatoms.